The molecule has 0 unspecified atom stereocenters. The Bertz CT molecular complexity index is 1380. The van der Waals surface area contributed by atoms with Crippen molar-refractivity contribution >= 4 is 28.9 Å². The molecular weight excluding hydrogens is 494 g/mol. The highest BCUT2D eigenvalue weighted by Crippen LogP contribution is 2.51. The number of benzene rings is 3. The number of rotatable bonds is 8. The number of carbonyl (C=O) groups excluding carboxylic acids is 2. The maximum absolute atomic E-state index is 13.9. The molecular formula is C27H25N3O8. The number of hydrogen-bond donors (Lipinski definition) is 0. The van der Waals surface area contributed by atoms with Gasteiger partial charge in [0.2, 0.25) is 5.91 Å². The van der Waals surface area contributed by atoms with Crippen molar-refractivity contribution in [2.24, 2.45) is 5.92 Å². The van der Waals surface area contributed by atoms with Crippen molar-refractivity contribution < 1.29 is 33.6 Å². The number of para-hydroxylation sites is 1. The fraction of sp³-hybridized carbons (Fsp3) is 0.259. The van der Waals surface area contributed by atoms with Crippen molar-refractivity contribution in [2.45, 2.75) is 19.1 Å². The van der Waals surface area contributed by atoms with Crippen LogP contribution in [0, 0.1) is 16.0 Å². The second-order valence-corrected chi connectivity index (χ2v) is 8.62. The summed E-state index contributed by atoms with van der Waals surface area (Å²) in [6.45, 7) is 2.33. The van der Waals surface area contributed by atoms with E-state index in [0.717, 1.165) is 4.90 Å². The van der Waals surface area contributed by atoms with Crippen LogP contribution in [0.15, 0.2) is 66.7 Å². The van der Waals surface area contributed by atoms with Gasteiger partial charge in [-0.05, 0) is 49.4 Å². The predicted molar refractivity (Wildman–Crippen MR) is 136 cm³/mol. The summed E-state index contributed by atoms with van der Waals surface area (Å²) in [4.78, 5) is 46.2. The van der Waals surface area contributed by atoms with E-state index in [-0.39, 0.29) is 22.7 Å². The first kappa shape index (κ1) is 25.0. The van der Waals surface area contributed by atoms with Crippen LogP contribution in [-0.2, 0) is 14.4 Å². The molecule has 11 heteroatoms. The van der Waals surface area contributed by atoms with Crippen LogP contribution < -0.4 is 24.2 Å². The van der Waals surface area contributed by atoms with E-state index in [0.29, 0.717) is 23.7 Å². The Balaban J connectivity index is 1.63. The highest BCUT2D eigenvalue weighted by atomic mass is 16.7. The van der Waals surface area contributed by atoms with E-state index >= 15 is 0 Å². The number of nitro benzene ring substituents is 1. The predicted octanol–water partition coefficient (Wildman–Crippen LogP) is 4.06. The Hall–Kier alpha value is -4.64. The van der Waals surface area contributed by atoms with Gasteiger partial charge in [0.05, 0.1) is 48.8 Å². The fourth-order valence-corrected chi connectivity index (χ4v) is 4.92. The van der Waals surface area contributed by atoms with Crippen molar-refractivity contribution in [2.75, 3.05) is 30.8 Å². The Labute approximate surface area is 218 Å². The van der Waals surface area contributed by atoms with Crippen LogP contribution in [0.2, 0.25) is 0 Å². The molecule has 3 aromatic rings. The lowest BCUT2D eigenvalue weighted by Gasteiger charge is -2.29. The maximum atomic E-state index is 13.9. The zero-order valence-electron chi connectivity index (χ0n) is 20.9. The number of imide groups is 1. The van der Waals surface area contributed by atoms with Crippen molar-refractivity contribution in [3.63, 3.8) is 0 Å². The molecule has 2 saturated heterocycles. The molecule has 3 aromatic carbocycles. The van der Waals surface area contributed by atoms with E-state index in [1.807, 2.05) is 6.92 Å². The molecule has 0 aromatic heterocycles. The number of amides is 2. The summed E-state index contributed by atoms with van der Waals surface area (Å²) in [7, 11) is 2.79. The number of ether oxygens (including phenoxy) is 3. The first-order valence-electron chi connectivity index (χ1n) is 11.9. The van der Waals surface area contributed by atoms with Gasteiger partial charge in [0, 0.05) is 0 Å². The molecule has 0 aliphatic carbocycles. The molecule has 5 rings (SSSR count). The number of hydrogen-bond acceptors (Lipinski definition) is 9. The number of fused-ring (bicyclic) bond motifs is 1. The van der Waals surface area contributed by atoms with Gasteiger partial charge in [-0.25, -0.2) is 9.96 Å². The third kappa shape index (κ3) is 4.06. The monoisotopic (exact) mass is 519 g/mol. The lowest BCUT2D eigenvalue weighted by Crippen LogP contribution is -2.37. The van der Waals surface area contributed by atoms with Gasteiger partial charge in [0.25, 0.3) is 11.6 Å². The third-order valence-corrected chi connectivity index (χ3v) is 6.58. The van der Waals surface area contributed by atoms with Gasteiger partial charge in [0.1, 0.15) is 17.7 Å². The van der Waals surface area contributed by atoms with E-state index in [9.17, 15) is 19.7 Å². The summed E-state index contributed by atoms with van der Waals surface area (Å²) in [6.07, 6.45) is -1.19. The van der Waals surface area contributed by atoms with E-state index in [1.165, 1.54) is 31.4 Å². The van der Waals surface area contributed by atoms with Crippen LogP contribution in [0.3, 0.4) is 0 Å². The van der Waals surface area contributed by atoms with Gasteiger partial charge in [-0.15, -0.1) is 0 Å². The van der Waals surface area contributed by atoms with Gasteiger partial charge in [-0.2, -0.15) is 0 Å². The average molecular weight is 520 g/mol. The zero-order chi connectivity index (χ0) is 27.0. The highest BCUT2D eigenvalue weighted by molar-refractivity contribution is 6.24. The van der Waals surface area contributed by atoms with Crippen LogP contribution in [0.25, 0.3) is 0 Å². The van der Waals surface area contributed by atoms with Crippen LogP contribution in [0.1, 0.15) is 18.5 Å². The Morgan fingerprint density at radius 1 is 0.921 bits per heavy atom. The number of anilines is 2. The standard InChI is InChI=1S/C27H25N3O8/c1-4-37-18-12-10-16(11-13-18)28-26(31)23-24(19-14-21(35-2)22(36-3)15-20(19)30(33)34)29(38-25(23)27(28)32)17-8-6-5-7-9-17/h5-15,23-25H,4H2,1-3H3/t23-,24+,25+/m0/s1. The molecule has 2 amide bonds. The number of nitrogens with zero attached hydrogens (tertiary/aromatic N) is 3. The molecule has 38 heavy (non-hydrogen) atoms. The Kier molecular flexibility index (Phi) is 6.60. The van der Waals surface area contributed by atoms with E-state index in [4.69, 9.17) is 19.0 Å². The first-order valence-corrected chi connectivity index (χ1v) is 11.9. The molecule has 3 atom stereocenters. The fourth-order valence-electron chi connectivity index (χ4n) is 4.92. The van der Waals surface area contributed by atoms with E-state index in [2.05, 4.69) is 0 Å². The van der Waals surface area contributed by atoms with Crippen LogP contribution in [0.4, 0.5) is 17.1 Å². The molecule has 0 radical (unpaired) electrons. The van der Waals surface area contributed by atoms with Crippen LogP contribution >= 0.6 is 0 Å². The van der Waals surface area contributed by atoms with Crippen molar-refractivity contribution in [1.29, 1.82) is 0 Å². The largest absolute Gasteiger partial charge is 0.494 e. The van der Waals surface area contributed by atoms with Crippen LogP contribution in [-0.4, -0.2) is 43.7 Å². The lowest BCUT2D eigenvalue weighted by molar-refractivity contribution is -0.385. The molecule has 0 spiro atoms. The number of hydroxylamine groups is 1. The van der Waals surface area contributed by atoms with Gasteiger partial charge in [-0.3, -0.25) is 24.5 Å². The first-order chi connectivity index (χ1) is 18.4. The third-order valence-electron chi connectivity index (χ3n) is 6.58. The Morgan fingerprint density at radius 2 is 1.58 bits per heavy atom. The molecule has 2 aliphatic heterocycles. The topological polar surface area (TPSA) is 121 Å². The molecule has 2 fully saturated rings. The number of nitro groups is 1. The van der Waals surface area contributed by atoms with Gasteiger partial charge in [0.15, 0.2) is 17.6 Å². The van der Waals surface area contributed by atoms with Crippen LogP contribution in [0.5, 0.6) is 17.2 Å². The minimum atomic E-state index is -1.19. The Morgan fingerprint density at radius 3 is 2.18 bits per heavy atom. The van der Waals surface area contributed by atoms with Gasteiger partial charge in [-0.1, -0.05) is 18.2 Å². The SMILES string of the molecule is CCOc1ccc(N2C(=O)[C@H]3[C@@H](c4cc(OC)c(OC)cc4[N+](=O)[O-])N(c4ccccc4)O[C@H]3C2=O)cc1. The summed E-state index contributed by atoms with van der Waals surface area (Å²) in [5.41, 5.74) is 0.744. The van der Waals surface area contributed by atoms with Crippen molar-refractivity contribution in [3.8, 4) is 17.2 Å². The lowest BCUT2D eigenvalue weighted by atomic mass is 9.89. The molecule has 0 saturated carbocycles. The molecule has 196 valence electrons. The summed E-state index contributed by atoms with van der Waals surface area (Å²) in [5.74, 6) is -1.15. The molecule has 0 bridgehead atoms. The number of carbonyl (C=O) groups is 2. The highest BCUT2D eigenvalue weighted by Gasteiger charge is 2.61. The quantitative estimate of drug-likeness (QED) is 0.246. The minimum Gasteiger partial charge on any atom is -0.494 e. The van der Waals surface area contributed by atoms with E-state index in [1.54, 1.807) is 54.6 Å². The average Bonchev–Trinajstić information content (AvgIpc) is 3.44. The summed E-state index contributed by atoms with van der Waals surface area (Å²) in [6, 6.07) is 17.1. The van der Waals surface area contributed by atoms with Crippen molar-refractivity contribution in [1.82, 2.24) is 0 Å². The molecule has 11 nitrogen and oxygen atoms in total. The second kappa shape index (κ2) is 10.0. The zero-order valence-corrected chi connectivity index (χ0v) is 20.9. The summed E-state index contributed by atoms with van der Waals surface area (Å²) in [5, 5.41) is 13.6. The second-order valence-electron chi connectivity index (χ2n) is 8.62. The summed E-state index contributed by atoms with van der Waals surface area (Å²) < 4.78 is 16.1. The minimum absolute atomic E-state index is 0.152. The smallest absolute Gasteiger partial charge is 0.278 e. The van der Waals surface area contributed by atoms with E-state index < -0.39 is 34.8 Å². The molecule has 0 N–H and O–H groups in total. The van der Waals surface area contributed by atoms with Gasteiger partial charge < -0.3 is 14.2 Å². The molecule has 2 heterocycles. The number of methoxy groups -OCH3 is 2. The summed E-state index contributed by atoms with van der Waals surface area (Å²) >= 11 is 0. The maximum Gasteiger partial charge on any atom is 0.278 e. The molecule has 2 aliphatic rings. The van der Waals surface area contributed by atoms with Gasteiger partial charge >= 0.3 is 0 Å². The normalized spacial score (nSPS) is 20.4. The van der Waals surface area contributed by atoms with Crippen molar-refractivity contribution in [3.05, 3.63) is 82.4 Å².